The molecule has 136 valence electrons. The quantitative estimate of drug-likeness (QED) is 0.880. The molecule has 1 N–H and O–H groups in total. The highest BCUT2D eigenvalue weighted by atomic mass is 35.5. The summed E-state index contributed by atoms with van der Waals surface area (Å²) >= 11 is 6.09. The van der Waals surface area contributed by atoms with E-state index in [0.29, 0.717) is 36.6 Å². The summed E-state index contributed by atoms with van der Waals surface area (Å²) in [5.74, 6) is -0.816. The maximum absolute atomic E-state index is 13.1. The highest BCUT2D eigenvalue weighted by Crippen LogP contribution is 2.47. The van der Waals surface area contributed by atoms with Gasteiger partial charge in [0.1, 0.15) is 0 Å². The molecule has 1 fully saturated rings. The third-order valence-corrected chi connectivity index (χ3v) is 5.13. The number of benzene rings is 1. The number of rotatable bonds is 4. The van der Waals surface area contributed by atoms with E-state index in [1.165, 1.54) is 4.90 Å². The second kappa shape index (κ2) is 6.61. The van der Waals surface area contributed by atoms with E-state index in [4.69, 9.17) is 11.6 Å². The zero-order chi connectivity index (χ0) is 18.2. The third kappa shape index (κ3) is 3.53. The number of hydrogen-bond donors (Lipinski definition) is 1. The minimum absolute atomic E-state index is 0.216. The maximum Gasteiger partial charge on any atom is 0.389 e. The van der Waals surface area contributed by atoms with Crippen LogP contribution < -0.4 is 10.2 Å². The number of halogens is 4. The lowest BCUT2D eigenvalue weighted by Gasteiger charge is -2.33. The molecule has 2 aliphatic heterocycles. The van der Waals surface area contributed by atoms with Crippen LogP contribution in [0.2, 0.25) is 5.02 Å². The second-order valence-electron chi connectivity index (χ2n) is 6.54. The first-order chi connectivity index (χ1) is 11.7. The van der Waals surface area contributed by atoms with Crippen LogP contribution >= 0.6 is 11.6 Å². The lowest BCUT2D eigenvalue weighted by Crippen LogP contribution is -2.48. The van der Waals surface area contributed by atoms with Crippen LogP contribution in [0.1, 0.15) is 31.2 Å². The van der Waals surface area contributed by atoms with Gasteiger partial charge in [0.05, 0.1) is 18.4 Å². The monoisotopic (exact) mass is 374 g/mol. The van der Waals surface area contributed by atoms with Gasteiger partial charge >= 0.3 is 6.18 Å². The molecule has 8 heteroatoms. The van der Waals surface area contributed by atoms with Crippen LogP contribution in [-0.4, -0.2) is 37.5 Å². The fraction of sp³-hybridized carbons (Fsp3) is 0.529. The molecule has 1 saturated heterocycles. The van der Waals surface area contributed by atoms with Crippen LogP contribution in [-0.2, 0) is 15.0 Å². The first-order valence-electron chi connectivity index (χ1n) is 8.14. The Morgan fingerprint density at radius 2 is 1.96 bits per heavy atom. The SMILES string of the molecule is O=C(CCC(F)(F)F)CN1C(=O)C2(CCNCC2)c2cc(Cl)ccc21. The minimum atomic E-state index is -4.38. The number of hydrogen-bond acceptors (Lipinski definition) is 3. The van der Waals surface area contributed by atoms with Crippen molar-refractivity contribution in [3.05, 3.63) is 28.8 Å². The summed E-state index contributed by atoms with van der Waals surface area (Å²) in [6.07, 6.45) is -5.02. The molecule has 3 rings (SSSR count). The van der Waals surface area contributed by atoms with Crippen LogP contribution in [0, 0.1) is 0 Å². The lowest BCUT2D eigenvalue weighted by molar-refractivity contribution is -0.142. The van der Waals surface area contributed by atoms with Crippen LogP contribution in [0.4, 0.5) is 18.9 Å². The van der Waals surface area contributed by atoms with Gasteiger partial charge in [0.2, 0.25) is 5.91 Å². The minimum Gasteiger partial charge on any atom is -0.317 e. The first-order valence-corrected chi connectivity index (χ1v) is 8.52. The Morgan fingerprint density at radius 3 is 2.60 bits per heavy atom. The van der Waals surface area contributed by atoms with E-state index in [-0.39, 0.29) is 12.5 Å². The average Bonchev–Trinajstić information content (AvgIpc) is 2.76. The van der Waals surface area contributed by atoms with Crippen molar-refractivity contribution in [1.82, 2.24) is 5.32 Å². The number of nitrogens with zero attached hydrogens (tertiary/aromatic N) is 1. The molecule has 2 heterocycles. The van der Waals surface area contributed by atoms with Crippen molar-refractivity contribution in [2.45, 2.75) is 37.3 Å². The summed E-state index contributed by atoms with van der Waals surface area (Å²) in [4.78, 5) is 26.4. The highest BCUT2D eigenvalue weighted by Gasteiger charge is 2.51. The summed E-state index contributed by atoms with van der Waals surface area (Å²) in [5, 5.41) is 3.69. The van der Waals surface area contributed by atoms with Crippen molar-refractivity contribution < 1.29 is 22.8 Å². The number of carbonyl (C=O) groups excluding carboxylic acids is 2. The van der Waals surface area contributed by atoms with E-state index < -0.39 is 30.2 Å². The van der Waals surface area contributed by atoms with Crippen molar-refractivity contribution in [2.75, 3.05) is 24.5 Å². The molecular weight excluding hydrogens is 357 g/mol. The largest absolute Gasteiger partial charge is 0.389 e. The molecule has 25 heavy (non-hydrogen) atoms. The van der Waals surface area contributed by atoms with Gasteiger partial charge in [-0.15, -0.1) is 0 Å². The smallest absolute Gasteiger partial charge is 0.317 e. The maximum atomic E-state index is 13.1. The number of ketones is 1. The Hall–Kier alpha value is -1.60. The predicted octanol–water partition coefficient (Wildman–Crippen LogP) is 3.22. The number of alkyl halides is 3. The molecule has 0 bridgehead atoms. The number of piperidine rings is 1. The standard InChI is InChI=1S/C17H18ClF3N2O2/c18-11-1-2-14-13(9-11)16(5-7-22-8-6-16)15(25)23(14)10-12(24)3-4-17(19,20)21/h1-2,9,22H,3-8,10H2. The van der Waals surface area contributed by atoms with Gasteiger partial charge in [-0.2, -0.15) is 13.2 Å². The van der Waals surface area contributed by atoms with Crippen LogP contribution in [0.25, 0.3) is 0 Å². The summed E-state index contributed by atoms with van der Waals surface area (Å²) in [5.41, 5.74) is 0.613. The van der Waals surface area contributed by atoms with E-state index in [1.54, 1.807) is 18.2 Å². The number of amides is 1. The Kier molecular flexibility index (Phi) is 4.81. The third-order valence-electron chi connectivity index (χ3n) is 4.90. The molecule has 0 unspecified atom stereocenters. The number of Topliss-reactive ketones (excluding diaryl/α,β-unsaturated/α-hetero) is 1. The molecule has 0 aromatic heterocycles. The van der Waals surface area contributed by atoms with Crippen molar-refractivity contribution in [1.29, 1.82) is 0 Å². The molecule has 0 aliphatic carbocycles. The van der Waals surface area contributed by atoms with Crippen LogP contribution in [0.15, 0.2) is 18.2 Å². The Balaban J connectivity index is 1.86. The second-order valence-corrected chi connectivity index (χ2v) is 6.98. The van der Waals surface area contributed by atoms with Crippen molar-refractivity contribution in [3.8, 4) is 0 Å². The van der Waals surface area contributed by atoms with Crippen molar-refractivity contribution in [2.24, 2.45) is 0 Å². The van der Waals surface area contributed by atoms with Crippen molar-refractivity contribution in [3.63, 3.8) is 0 Å². The lowest BCUT2D eigenvalue weighted by atomic mass is 9.74. The molecule has 2 aliphatic rings. The molecule has 1 aromatic rings. The number of fused-ring (bicyclic) bond motifs is 2. The van der Waals surface area contributed by atoms with E-state index >= 15 is 0 Å². The predicted molar refractivity (Wildman–Crippen MR) is 87.9 cm³/mol. The Labute approximate surface area is 148 Å². The van der Waals surface area contributed by atoms with Gasteiger partial charge < -0.3 is 10.2 Å². The van der Waals surface area contributed by atoms with Crippen molar-refractivity contribution >= 4 is 29.0 Å². The van der Waals surface area contributed by atoms with E-state index in [1.807, 2.05) is 0 Å². The Bertz CT molecular complexity index is 700. The van der Waals surface area contributed by atoms with Gasteiger partial charge in [-0.1, -0.05) is 11.6 Å². The highest BCUT2D eigenvalue weighted by molar-refractivity contribution is 6.31. The number of carbonyl (C=O) groups is 2. The van der Waals surface area contributed by atoms with E-state index in [9.17, 15) is 22.8 Å². The van der Waals surface area contributed by atoms with Crippen LogP contribution in [0.5, 0.6) is 0 Å². The molecule has 1 spiro atoms. The molecule has 0 saturated carbocycles. The molecule has 1 aromatic carbocycles. The topological polar surface area (TPSA) is 49.4 Å². The fourth-order valence-corrected chi connectivity index (χ4v) is 3.81. The zero-order valence-electron chi connectivity index (χ0n) is 13.5. The van der Waals surface area contributed by atoms with Gasteiger partial charge in [-0.25, -0.2) is 0 Å². The van der Waals surface area contributed by atoms with Gasteiger partial charge in [0, 0.05) is 17.1 Å². The summed E-state index contributed by atoms with van der Waals surface area (Å²) in [7, 11) is 0. The van der Waals surface area contributed by atoms with Gasteiger partial charge in [0.25, 0.3) is 0 Å². The summed E-state index contributed by atoms with van der Waals surface area (Å²) in [6.45, 7) is 0.986. The Morgan fingerprint density at radius 1 is 1.28 bits per heavy atom. The van der Waals surface area contributed by atoms with Gasteiger partial charge in [0.15, 0.2) is 5.78 Å². The van der Waals surface area contributed by atoms with Gasteiger partial charge in [-0.05, 0) is 49.7 Å². The molecule has 0 atom stereocenters. The number of nitrogens with one attached hydrogen (secondary N) is 1. The average molecular weight is 375 g/mol. The van der Waals surface area contributed by atoms with E-state index in [0.717, 1.165) is 5.56 Å². The summed E-state index contributed by atoms with van der Waals surface area (Å²) < 4.78 is 37.0. The summed E-state index contributed by atoms with van der Waals surface area (Å²) in [6, 6.07) is 5.03. The fourth-order valence-electron chi connectivity index (χ4n) is 3.64. The molecule has 4 nitrogen and oxygen atoms in total. The van der Waals surface area contributed by atoms with Crippen LogP contribution in [0.3, 0.4) is 0 Å². The molecular formula is C17H18ClF3N2O2. The molecule has 1 amide bonds. The van der Waals surface area contributed by atoms with E-state index in [2.05, 4.69) is 5.32 Å². The zero-order valence-corrected chi connectivity index (χ0v) is 14.2. The van der Waals surface area contributed by atoms with Gasteiger partial charge in [-0.3, -0.25) is 9.59 Å². The first kappa shape index (κ1) is 18.2. The number of anilines is 1. The molecule has 0 radical (unpaired) electrons. The normalized spacial score (nSPS) is 19.4.